The summed E-state index contributed by atoms with van der Waals surface area (Å²) in [5.74, 6) is 0. The van der Waals surface area contributed by atoms with Crippen LogP contribution in [0.15, 0.2) is 72.8 Å². The smallest absolute Gasteiger partial charge is 0.0178 e. The molecule has 0 aromatic heterocycles. The summed E-state index contributed by atoms with van der Waals surface area (Å²) in [6.45, 7) is 2.11. The molecule has 0 saturated carbocycles. The zero-order chi connectivity index (χ0) is 13.1. The van der Waals surface area contributed by atoms with Crippen molar-refractivity contribution in [3.05, 3.63) is 84.4 Å². The van der Waals surface area contributed by atoms with Crippen LogP contribution in [0.25, 0.3) is 22.3 Å². The Kier molecular flexibility index (Phi) is 3.16. The normalized spacial score (nSPS) is 10.4. The van der Waals surface area contributed by atoms with Crippen LogP contribution < -0.4 is 0 Å². The van der Waals surface area contributed by atoms with Gasteiger partial charge in [-0.15, -0.1) is 0 Å². The molecule has 1 radical (unpaired) electrons. The third-order valence-corrected chi connectivity index (χ3v) is 3.29. The van der Waals surface area contributed by atoms with E-state index in [0.717, 1.165) is 0 Å². The van der Waals surface area contributed by atoms with Gasteiger partial charge in [-0.1, -0.05) is 66.2 Å². The van der Waals surface area contributed by atoms with Gasteiger partial charge < -0.3 is 0 Å². The first kappa shape index (κ1) is 11.7. The Labute approximate surface area is 114 Å². The van der Waals surface area contributed by atoms with Gasteiger partial charge in [-0.3, -0.25) is 0 Å². The summed E-state index contributed by atoms with van der Waals surface area (Å²) >= 11 is 0. The maximum atomic E-state index is 3.13. The standard InChI is InChI=1S/C19H15/c1-15-10-12-17(13-11-15)19-9-5-8-18(14-19)16-6-3-2-4-7-16/h2-3,5-14H,1H3. The van der Waals surface area contributed by atoms with Gasteiger partial charge in [-0.05, 0) is 47.4 Å². The lowest BCUT2D eigenvalue weighted by atomic mass is 9.99. The van der Waals surface area contributed by atoms with E-state index >= 15 is 0 Å². The van der Waals surface area contributed by atoms with E-state index in [0.29, 0.717) is 0 Å². The van der Waals surface area contributed by atoms with Crippen LogP contribution in [0.5, 0.6) is 0 Å². The number of aryl methyl sites for hydroxylation is 1. The molecule has 19 heavy (non-hydrogen) atoms. The van der Waals surface area contributed by atoms with Crippen molar-refractivity contribution in [3.63, 3.8) is 0 Å². The summed E-state index contributed by atoms with van der Waals surface area (Å²) < 4.78 is 0. The molecule has 0 spiro atoms. The van der Waals surface area contributed by atoms with Gasteiger partial charge in [0.05, 0.1) is 0 Å². The largest absolute Gasteiger partial charge is 0.0610 e. The first-order valence-electron chi connectivity index (χ1n) is 6.46. The van der Waals surface area contributed by atoms with Crippen molar-refractivity contribution >= 4 is 0 Å². The van der Waals surface area contributed by atoms with Crippen LogP contribution >= 0.6 is 0 Å². The first-order valence-corrected chi connectivity index (χ1v) is 6.46. The predicted molar refractivity (Wildman–Crippen MR) is 80.9 cm³/mol. The van der Waals surface area contributed by atoms with Gasteiger partial charge in [0.15, 0.2) is 0 Å². The van der Waals surface area contributed by atoms with E-state index in [2.05, 4.69) is 67.6 Å². The molecule has 3 aromatic rings. The Balaban J connectivity index is 2.03. The Morgan fingerprint density at radius 2 is 1.37 bits per heavy atom. The molecule has 3 aromatic carbocycles. The maximum Gasteiger partial charge on any atom is -0.0178 e. The quantitative estimate of drug-likeness (QED) is 0.585. The van der Waals surface area contributed by atoms with Gasteiger partial charge in [0, 0.05) is 0 Å². The average molecular weight is 243 g/mol. The molecule has 0 atom stereocenters. The van der Waals surface area contributed by atoms with Crippen molar-refractivity contribution in [2.75, 3.05) is 0 Å². The second-order valence-electron chi connectivity index (χ2n) is 4.74. The Bertz CT molecular complexity index is 664. The van der Waals surface area contributed by atoms with Crippen LogP contribution in [0.1, 0.15) is 5.56 Å². The van der Waals surface area contributed by atoms with Crippen LogP contribution in [0.4, 0.5) is 0 Å². The molecular formula is C19H15. The van der Waals surface area contributed by atoms with Gasteiger partial charge in [0.2, 0.25) is 0 Å². The fourth-order valence-electron chi connectivity index (χ4n) is 2.20. The lowest BCUT2D eigenvalue weighted by Crippen LogP contribution is -1.81. The summed E-state index contributed by atoms with van der Waals surface area (Å²) in [4.78, 5) is 0. The number of hydrogen-bond donors (Lipinski definition) is 0. The van der Waals surface area contributed by atoms with E-state index in [1.807, 2.05) is 18.2 Å². The molecule has 3 rings (SSSR count). The fraction of sp³-hybridized carbons (Fsp3) is 0.0526. The highest BCUT2D eigenvalue weighted by molar-refractivity contribution is 5.72. The van der Waals surface area contributed by atoms with E-state index in [9.17, 15) is 0 Å². The zero-order valence-corrected chi connectivity index (χ0v) is 10.9. The van der Waals surface area contributed by atoms with Gasteiger partial charge in [0.1, 0.15) is 0 Å². The molecule has 0 N–H and O–H groups in total. The molecule has 0 heterocycles. The van der Waals surface area contributed by atoms with Gasteiger partial charge >= 0.3 is 0 Å². The van der Waals surface area contributed by atoms with E-state index in [-0.39, 0.29) is 0 Å². The van der Waals surface area contributed by atoms with Crippen molar-refractivity contribution in [1.29, 1.82) is 0 Å². The molecule has 0 bridgehead atoms. The van der Waals surface area contributed by atoms with Crippen LogP contribution in [-0.4, -0.2) is 0 Å². The van der Waals surface area contributed by atoms with Crippen molar-refractivity contribution in [2.24, 2.45) is 0 Å². The lowest BCUT2D eigenvalue weighted by Gasteiger charge is -2.06. The highest BCUT2D eigenvalue weighted by atomic mass is 14.1. The van der Waals surface area contributed by atoms with Crippen LogP contribution in [0.3, 0.4) is 0 Å². The van der Waals surface area contributed by atoms with Crippen LogP contribution in [0.2, 0.25) is 0 Å². The van der Waals surface area contributed by atoms with E-state index in [1.54, 1.807) is 0 Å². The minimum Gasteiger partial charge on any atom is -0.0610 e. The van der Waals surface area contributed by atoms with Crippen molar-refractivity contribution in [3.8, 4) is 22.3 Å². The molecule has 0 aliphatic carbocycles. The molecule has 0 amide bonds. The number of hydrogen-bond acceptors (Lipinski definition) is 0. The second kappa shape index (κ2) is 5.11. The molecule has 91 valence electrons. The number of benzene rings is 3. The lowest BCUT2D eigenvalue weighted by molar-refractivity contribution is 1.47. The summed E-state index contributed by atoms with van der Waals surface area (Å²) in [6, 6.07) is 28.5. The SMILES string of the molecule is Cc1ccc(-c2cccc(-c3c[c]ccc3)c2)cc1. The summed E-state index contributed by atoms with van der Waals surface area (Å²) in [6.07, 6.45) is 0. The fourth-order valence-corrected chi connectivity index (χ4v) is 2.20. The minimum atomic E-state index is 1.21. The van der Waals surface area contributed by atoms with Crippen molar-refractivity contribution in [2.45, 2.75) is 6.92 Å². The van der Waals surface area contributed by atoms with E-state index < -0.39 is 0 Å². The molecule has 0 fully saturated rings. The van der Waals surface area contributed by atoms with Crippen molar-refractivity contribution in [1.82, 2.24) is 0 Å². The molecule has 0 aliphatic heterocycles. The topological polar surface area (TPSA) is 0 Å². The Hall–Kier alpha value is -2.34. The third kappa shape index (κ3) is 2.58. The Morgan fingerprint density at radius 1 is 0.684 bits per heavy atom. The van der Waals surface area contributed by atoms with Crippen molar-refractivity contribution < 1.29 is 0 Å². The minimum absolute atomic E-state index is 1.21. The summed E-state index contributed by atoms with van der Waals surface area (Å²) in [7, 11) is 0. The second-order valence-corrected chi connectivity index (χ2v) is 4.74. The van der Waals surface area contributed by atoms with Gasteiger partial charge in [0.25, 0.3) is 0 Å². The van der Waals surface area contributed by atoms with Gasteiger partial charge in [-0.25, -0.2) is 0 Å². The average Bonchev–Trinajstić information content (AvgIpc) is 2.49. The molecule has 0 saturated heterocycles. The summed E-state index contributed by atoms with van der Waals surface area (Å²) in [5, 5.41) is 0. The molecule has 0 heteroatoms. The van der Waals surface area contributed by atoms with Gasteiger partial charge in [-0.2, -0.15) is 0 Å². The van der Waals surface area contributed by atoms with Crippen LogP contribution in [-0.2, 0) is 0 Å². The maximum absolute atomic E-state index is 3.13. The summed E-state index contributed by atoms with van der Waals surface area (Å²) in [5.41, 5.74) is 6.23. The van der Waals surface area contributed by atoms with Crippen LogP contribution in [0, 0.1) is 13.0 Å². The Morgan fingerprint density at radius 3 is 2.05 bits per heavy atom. The molecule has 0 nitrogen and oxygen atoms in total. The third-order valence-electron chi connectivity index (χ3n) is 3.29. The predicted octanol–water partition coefficient (Wildman–Crippen LogP) is 5.13. The zero-order valence-electron chi connectivity index (χ0n) is 10.9. The highest BCUT2D eigenvalue weighted by Crippen LogP contribution is 2.26. The highest BCUT2D eigenvalue weighted by Gasteiger charge is 2.01. The first-order chi connectivity index (χ1) is 9.33. The molecule has 0 aliphatic rings. The van der Waals surface area contributed by atoms with E-state index in [1.165, 1.54) is 27.8 Å². The molecule has 0 unspecified atom stereocenters. The monoisotopic (exact) mass is 243 g/mol. The van der Waals surface area contributed by atoms with E-state index in [4.69, 9.17) is 0 Å². The number of rotatable bonds is 2. The molecular weight excluding hydrogens is 228 g/mol.